The van der Waals surface area contributed by atoms with Gasteiger partial charge < -0.3 is 15.7 Å². The van der Waals surface area contributed by atoms with Crippen LogP contribution < -0.4 is 10.6 Å². The summed E-state index contributed by atoms with van der Waals surface area (Å²) in [5, 5.41) is 16.9. The van der Waals surface area contributed by atoms with Crippen molar-refractivity contribution >= 4 is 11.6 Å². The second-order valence-electron chi connectivity index (χ2n) is 7.34. The first-order valence-corrected chi connectivity index (χ1v) is 8.98. The highest BCUT2D eigenvalue weighted by atomic mass is 16.3. The van der Waals surface area contributed by atoms with E-state index < -0.39 is 0 Å². The predicted octanol–water partition coefficient (Wildman–Crippen LogP) is 3.61. The third kappa shape index (κ3) is 2.97. The second-order valence-corrected chi connectivity index (χ2v) is 7.34. The van der Waals surface area contributed by atoms with E-state index in [-0.39, 0.29) is 23.7 Å². The Labute approximate surface area is 148 Å². The number of rotatable bonds is 4. The van der Waals surface area contributed by atoms with Gasteiger partial charge in [-0.2, -0.15) is 0 Å². The van der Waals surface area contributed by atoms with Crippen LogP contribution in [0.3, 0.4) is 0 Å². The van der Waals surface area contributed by atoms with Gasteiger partial charge in [0.05, 0.1) is 6.04 Å². The number of nitrogens with one attached hydrogen (secondary N) is 2. The van der Waals surface area contributed by atoms with Crippen LogP contribution in [0.25, 0.3) is 0 Å². The SMILES string of the molecule is Cc1cccc2c1NC(C(=O)NC(c1c(C)cccc1O)C1CC1)C2. The molecule has 1 aliphatic heterocycles. The van der Waals surface area contributed by atoms with E-state index in [0.717, 1.165) is 29.7 Å². The van der Waals surface area contributed by atoms with Gasteiger partial charge in [-0.15, -0.1) is 0 Å². The summed E-state index contributed by atoms with van der Waals surface area (Å²) in [6.07, 6.45) is 2.90. The summed E-state index contributed by atoms with van der Waals surface area (Å²) in [6, 6.07) is 11.4. The van der Waals surface area contributed by atoms with Gasteiger partial charge in [0.15, 0.2) is 0 Å². The van der Waals surface area contributed by atoms with Gasteiger partial charge in [0.25, 0.3) is 0 Å². The average Bonchev–Trinajstić information content (AvgIpc) is 3.32. The van der Waals surface area contributed by atoms with Crippen LogP contribution in [0.15, 0.2) is 36.4 Å². The highest BCUT2D eigenvalue weighted by Gasteiger charge is 2.37. The van der Waals surface area contributed by atoms with Gasteiger partial charge >= 0.3 is 0 Å². The lowest BCUT2D eigenvalue weighted by molar-refractivity contribution is -0.122. The number of benzene rings is 2. The molecule has 0 radical (unpaired) electrons. The molecule has 1 fully saturated rings. The Morgan fingerprint density at radius 2 is 1.88 bits per heavy atom. The lowest BCUT2D eigenvalue weighted by Gasteiger charge is -2.24. The lowest BCUT2D eigenvalue weighted by Crippen LogP contribution is -2.41. The number of amides is 1. The molecule has 1 amide bonds. The molecule has 2 unspecified atom stereocenters. The quantitative estimate of drug-likeness (QED) is 0.799. The topological polar surface area (TPSA) is 61.4 Å². The van der Waals surface area contributed by atoms with Crippen LogP contribution in [0.5, 0.6) is 5.75 Å². The minimum atomic E-state index is -0.247. The average molecular weight is 336 g/mol. The third-order valence-electron chi connectivity index (χ3n) is 5.42. The molecule has 4 nitrogen and oxygen atoms in total. The second kappa shape index (κ2) is 6.10. The first-order valence-electron chi connectivity index (χ1n) is 8.98. The number of phenols is 1. The van der Waals surface area contributed by atoms with E-state index in [9.17, 15) is 9.90 Å². The summed E-state index contributed by atoms with van der Waals surface area (Å²) in [5.41, 5.74) is 5.34. The number of para-hydroxylation sites is 1. The Morgan fingerprint density at radius 3 is 2.56 bits per heavy atom. The molecule has 3 N–H and O–H groups in total. The molecular formula is C21H24N2O2. The third-order valence-corrected chi connectivity index (χ3v) is 5.42. The molecule has 4 rings (SSSR count). The van der Waals surface area contributed by atoms with Crippen LogP contribution in [0.1, 0.15) is 41.1 Å². The molecule has 2 aromatic carbocycles. The molecule has 0 saturated heterocycles. The molecule has 130 valence electrons. The van der Waals surface area contributed by atoms with E-state index >= 15 is 0 Å². The van der Waals surface area contributed by atoms with Crippen molar-refractivity contribution in [1.29, 1.82) is 0 Å². The van der Waals surface area contributed by atoms with Crippen molar-refractivity contribution in [2.45, 2.75) is 45.2 Å². The van der Waals surface area contributed by atoms with E-state index in [2.05, 4.69) is 29.7 Å². The molecule has 2 aromatic rings. The molecule has 1 aliphatic carbocycles. The monoisotopic (exact) mass is 336 g/mol. The number of aromatic hydroxyl groups is 1. The van der Waals surface area contributed by atoms with Crippen molar-refractivity contribution in [1.82, 2.24) is 5.32 Å². The standard InChI is InChI=1S/C21H24N2O2/c1-12-5-4-8-17(24)18(12)20(14-9-10-14)23-21(25)16-11-15-7-3-6-13(2)19(15)22-16/h3-8,14,16,20,22,24H,9-11H2,1-2H3,(H,23,25). The zero-order valence-electron chi connectivity index (χ0n) is 14.7. The highest BCUT2D eigenvalue weighted by molar-refractivity contribution is 5.88. The summed E-state index contributed by atoms with van der Waals surface area (Å²) in [4.78, 5) is 12.9. The van der Waals surface area contributed by atoms with E-state index in [1.807, 2.05) is 25.1 Å². The van der Waals surface area contributed by atoms with Gasteiger partial charge in [0.2, 0.25) is 5.91 Å². The molecule has 0 aromatic heterocycles. The number of fused-ring (bicyclic) bond motifs is 1. The van der Waals surface area contributed by atoms with Gasteiger partial charge in [-0.3, -0.25) is 4.79 Å². The Bertz CT molecular complexity index is 806. The molecule has 4 heteroatoms. The number of hydrogen-bond donors (Lipinski definition) is 3. The number of carbonyl (C=O) groups excluding carboxylic acids is 1. The summed E-state index contributed by atoms with van der Waals surface area (Å²) < 4.78 is 0. The van der Waals surface area contributed by atoms with Crippen molar-refractivity contribution in [3.8, 4) is 5.75 Å². The van der Waals surface area contributed by atoms with Crippen molar-refractivity contribution in [3.05, 3.63) is 58.7 Å². The fourth-order valence-electron chi connectivity index (χ4n) is 3.89. The molecule has 1 heterocycles. The maximum atomic E-state index is 12.9. The first-order chi connectivity index (χ1) is 12.0. The van der Waals surface area contributed by atoms with Gasteiger partial charge in [0, 0.05) is 17.7 Å². The number of anilines is 1. The van der Waals surface area contributed by atoms with Crippen molar-refractivity contribution in [3.63, 3.8) is 0 Å². The highest BCUT2D eigenvalue weighted by Crippen LogP contribution is 2.44. The van der Waals surface area contributed by atoms with E-state index in [1.165, 1.54) is 11.1 Å². The number of phenolic OH excluding ortho intramolecular Hbond substituents is 1. The molecular weight excluding hydrogens is 312 g/mol. The van der Waals surface area contributed by atoms with Crippen LogP contribution in [0.4, 0.5) is 5.69 Å². The molecule has 25 heavy (non-hydrogen) atoms. The van der Waals surface area contributed by atoms with Crippen molar-refractivity contribution in [2.24, 2.45) is 5.92 Å². The summed E-state index contributed by atoms with van der Waals surface area (Å²) >= 11 is 0. The molecule has 0 spiro atoms. The van der Waals surface area contributed by atoms with E-state index in [0.29, 0.717) is 12.3 Å². The van der Waals surface area contributed by atoms with E-state index in [4.69, 9.17) is 0 Å². The zero-order chi connectivity index (χ0) is 17.6. The summed E-state index contributed by atoms with van der Waals surface area (Å²) in [6.45, 7) is 4.05. The fraction of sp³-hybridized carbons (Fsp3) is 0.381. The molecule has 1 saturated carbocycles. The van der Waals surface area contributed by atoms with Crippen LogP contribution in [-0.4, -0.2) is 17.1 Å². The lowest BCUT2D eigenvalue weighted by atomic mass is 9.96. The van der Waals surface area contributed by atoms with Gasteiger partial charge in [0.1, 0.15) is 11.8 Å². The van der Waals surface area contributed by atoms with Gasteiger partial charge in [-0.05, 0) is 55.4 Å². The first kappa shape index (κ1) is 16.0. The van der Waals surface area contributed by atoms with Crippen molar-refractivity contribution < 1.29 is 9.90 Å². The maximum Gasteiger partial charge on any atom is 0.243 e. The smallest absolute Gasteiger partial charge is 0.243 e. The Hall–Kier alpha value is -2.49. The number of carbonyl (C=O) groups is 1. The molecule has 0 bridgehead atoms. The largest absolute Gasteiger partial charge is 0.508 e. The minimum absolute atomic E-state index is 0.00940. The minimum Gasteiger partial charge on any atom is -0.508 e. The van der Waals surface area contributed by atoms with Crippen LogP contribution >= 0.6 is 0 Å². The maximum absolute atomic E-state index is 12.9. The van der Waals surface area contributed by atoms with Crippen molar-refractivity contribution in [2.75, 3.05) is 5.32 Å². The van der Waals surface area contributed by atoms with Crippen LogP contribution in [0, 0.1) is 19.8 Å². The normalized spacial score (nSPS) is 19.8. The number of hydrogen-bond acceptors (Lipinski definition) is 3. The predicted molar refractivity (Wildman–Crippen MR) is 98.7 cm³/mol. The Morgan fingerprint density at radius 1 is 1.16 bits per heavy atom. The summed E-state index contributed by atoms with van der Waals surface area (Å²) in [7, 11) is 0. The fourth-order valence-corrected chi connectivity index (χ4v) is 3.89. The molecule has 2 aliphatic rings. The van der Waals surface area contributed by atoms with Crippen LogP contribution in [0.2, 0.25) is 0 Å². The zero-order valence-corrected chi connectivity index (χ0v) is 14.7. The van der Waals surface area contributed by atoms with E-state index in [1.54, 1.807) is 6.07 Å². The Kier molecular flexibility index (Phi) is 3.91. The van der Waals surface area contributed by atoms with Crippen LogP contribution in [-0.2, 0) is 11.2 Å². The Balaban J connectivity index is 1.54. The van der Waals surface area contributed by atoms with Gasteiger partial charge in [-0.1, -0.05) is 30.3 Å². The number of aryl methyl sites for hydroxylation is 2. The molecule has 2 atom stereocenters. The summed E-state index contributed by atoms with van der Waals surface area (Å²) in [5.74, 6) is 0.701. The van der Waals surface area contributed by atoms with Gasteiger partial charge in [-0.25, -0.2) is 0 Å².